The van der Waals surface area contributed by atoms with E-state index in [1.165, 1.54) is 10.6 Å². The van der Waals surface area contributed by atoms with Crippen molar-refractivity contribution in [3.63, 3.8) is 0 Å². The first-order chi connectivity index (χ1) is 18.2. The SMILES string of the molecule is CS(=O)(=O)N1CCN(c2ccc(CO[C@H]3CO[C@@](Cn4ccnc4)(c4ccc(Cl)cc4Cl)OC3)cc2)CC1. The van der Waals surface area contributed by atoms with Crippen molar-refractivity contribution in [2.75, 3.05) is 50.5 Å². The molecule has 5 rings (SSSR count). The predicted molar refractivity (Wildman–Crippen MR) is 146 cm³/mol. The van der Waals surface area contributed by atoms with Gasteiger partial charge in [-0.3, -0.25) is 0 Å². The Morgan fingerprint density at radius 1 is 1.05 bits per heavy atom. The van der Waals surface area contributed by atoms with Crippen molar-refractivity contribution in [2.45, 2.75) is 25.0 Å². The Morgan fingerprint density at radius 2 is 1.76 bits per heavy atom. The van der Waals surface area contributed by atoms with Crippen molar-refractivity contribution in [3.05, 3.63) is 82.4 Å². The molecular weight excluding hydrogens is 551 g/mol. The number of nitrogens with zero attached hydrogens (tertiary/aromatic N) is 4. The summed E-state index contributed by atoms with van der Waals surface area (Å²) < 4.78 is 45.6. The van der Waals surface area contributed by atoms with E-state index in [9.17, 15) is 8.42 Å². The number of hydrogen-bond acceptors (Lipinski definition) is 7. The molecule has 2 aromatic carbocycles. The molecular formula is C26H30Cl2N4O5S. The van der Waals surface area contributed by atoms with Crippen LogP contribution < -0.4 is 4.90 Å². The minimum absolute atomic E-state index is 0.249. The van der Waals surface area contributed by atoms with Gasteiger partial charge in [-0.15, -0.1) is 0 Å². The van der Waals surface area contributed by atoms with Crippen LogP contribution in [0.5, 0.6) is 0 Å². The topological polar surface area (TPSA) is 86.1 Å². The monoisotopic (exact) mass is 580 g/mol. The maximum absolute atomic E-state index is 11.7. The molecule has 3 aromatic rings. The molecule has 1 aromatic heterocycles. The standard InChI is InChI=1S/C26H30Cl2N4O5S/c1-38(33,34)32-12-10-31(11-13-32)22-5-2-20(3-6-22)15-35-23-16-36-26(37-17-23,18-30-9-8-29-19-30)24-7-4-21(27)14-25(24)28/h2-9,14,19,23H,10-13,15-18H2,1H3/t23-,26+. The van der Waals surface area contributed by atoms with Gasteiger partial charge in [0.15, 0.2) is 0 Å². The molecule has 0 radical (unpaired) electrons. The van der Waals surface area contributed by atoms with Gasteiger partial charge in [0.25, 0.3) is 0 Å². The lowest BCUT2D eigenvalue weighted by atomic mass is 10.0. The van der Waals surface area contributed by atoms with Crippen molar-refractivity contribution in [2.24, 2.45) is 0 Å². The summed E-state index contributed by atoms with van der Waals surface area (Å²) in [6, 6.07) is 13.4. The Morgan fingerprint density at radius 3 is 2.37 bits per heavy atom. The third-order valence-electron chi connectivity index (χ3n) is 6.79. The molecule has 0 bridgehead atoms. The molecule has 2 saturated heterocycles. The third kappa shape index (κ3) is 6.34. The number of piperazine rings is 1. The lowest BCUT2D eigenvalue weighted by molar-refractivity contribution is -0.313. The van der Waals surface area contributed by atoms with Crippen LogP contribution in [0.2, 0.25) is 10.0 Å². The molecule has 0 aliphatic carbocycles. The average Bonchev–Trinajstić information content (AvgIpc) is 3.41. The number of benzene rings is 2. The second-order valence-electron chi connectivity index (χ2n) is 9.48. The van der Waals surface area contributed by atoms with Crippen molar-refractivity contribution in [3.8, 4) is 0 Å². The third-order valence-corrected chi connectivity index (χ3v) is 8.64. The first-order valence-electron chi connectivity index (χ1n) is 12.3. The van der Waals surface area contributed by atoms with E-state index in [2.05, 4.69) is 9.88 Å². The summed E-state index contributed by atoms with van der Waals surface area (Å²) in [7, 11) is -3.14. The van der Waals surface area contributed by atoms with Crippen LogP contribution in [0.1, 0.15) is 11.1 Å². The van der Waals surface area contributed by atoms with E-state index in [1.54, 1.807) is 24.7 Å². The lowest BCUT2D eigenvalue weighted by Gasteiger charge is -2.41. The summed E-state index contributed by atoms with van der Waals surface area (Å²) >= 11 is 12.6. The number of rotatable bonds is 8. The van der Waals surface area contributed by atoms with Crippen LogP contribution in [0.4, 0.5) is 5.69 Å². The normalized spacial score (nSPS) is 23.0. The Bertz CT molecular complexity index is 1320. The number of sulfonamides is 1. The maximum Gasteiger partial charge on any atom is 0.215 e. The molecule has 0 N–H and O–H groups in total. The molecule has 0 unspecified atom stereocenters. The Hall–Kier alpha value is -2.18. The van der Waals surface area contributed by atoms with Crippen LogP contribution in [0.15, 0.2) is 61.2 Å². The van der Waals surface area contributed by atoms with E-state index in [0.717, 1.165) is 11.3 Å². The van der Waals surface area contributed by atoms with Gasteiger partial charge < -0.3 is 23.7 Å². The van der Waals surface area contributed by atoms with E-state index in [1.807, 2.05) is 41.1 Å². The molecule has 0 spiro atoms. The first-order valence-corrected chi connectivity index (χ1v) is 14.9. The second kappa shape index (κ2) is 11.5. The van der Waals surface area contributed by atoms with Gasteiger partial charge in [-0.2, -0.15) is 4.31 Å². The summed E-state index contributed by atoms with van der Waals surface area (Å²) in [4.78, 5) is 6.31. The van der Waals surface area contributed by atoms with E-state index in [4.69, 9.17) is 37.4 Å². The highest BCUT2D eigenvalue weighted by Crippen LogP contribution is 2.38. The molecule has 0 atom stereocenters. The van der Waals surface area contributed by atoms with Crippen molar-refractivity contribution in [1.29, 1.82) is 0 Å². The van der Waals surface area contributed by atoms with Crippen LogP contribution in [0.3, 0.4) is 0 Å². The molecule has 9 nitrogen and oxygen atoms in total. The fraction of sp³-hybridized carbons (Fsp3) is 0.423. The van der Waals surface area contributed by atoms with Gasteiger partial charge in [-0.25, -0.2) is 13.4 Å². The zero-order valence-electron chi connectivity index (χ0n) is 21.0. The van der Waals surface area contributed by atoms with E-state index in [0.29, 0.717) is 68.2 Å². The molecule has 38 heavy (non-hydrogen) atoms. The first kappa shape index (κ1) is 27.4. The number of halogens is 2. The minimum Gasteiger partial charge on any atom is -0.369 e. The van der Waals surface area contributed by atoms with Gasteiger partial charge in [-0.1, -0.05) is 41.4 Å². The molecule has 2 aliphatic heterocycles. The fourth-order valence-corrected chi connectivity index (χ4v) is 6.07. The van der Waals surface area contributed by atoms with Gasteiger partial charge >= 0.3 is 0 Å². The van der Waals surface area contributed by atoms with Gasteiger partial charge in [0.2, 0.25) is 15.8 Å². The quantitative estimate of drug-likeness (QED) is 0.401. The van der Waals surface area contributed by atoms with Crippen LogP contribution in [-0.4, -0.2) is 74.0 Å². The summed E-state index contributed by atoms with van der Waals surface area (Å²) in [6.07, 6.45) is 6.26. The minimum atomic E-state index is -3.14. The molecule has 2 fully saturated rings. The van der Waals surface area contributed by atoms with Crippen molar-refractivity contribution in [1.82, 2.24) is 13.9 Å². The van der Waals surface area contributed by atoms with Gasteiger partial charge in [-0.05, 0) is 29.8 Å². The summed E-state index contributed by atoms with van der Waals surface area (Å²) in [5.41, 5.74) is 2.79. The molecule has 0 saturated carbocycles. The van der Waals surface area contributed by atoms with E-state index < -0.39 is 15.8 Å². The smallest absolute Gasteiger partial charge is 0.215 e. The molecule has 12 heteroatoms. The highest BCUT2D eigenvalue weighted by Gasteiger charge is 2.42. The van der Waals surface area contributed by atoms with Crippen LogP contribution in [-0.2, 0) is 43.2 Å². The highest BCUT2D eigenvalue weighted by molar-refractivity contribution is 7.88. The number of ether oxygens (including phenoxy) is 3. The Labute approximate surface area is 232 Å². The largest absolute Gasteiger partial charge is 0.369 e. The van der Waals surface area contributed by atoms with Crippen LogP contribution in [0, 0.1) is 0 Å². The number of anilines is 1. The van der Waals surface area contributed by atoms with Crippen molar-refractivity contribution >= 4 is 38.9 Å². The Balaban J connectivity index is 1.17. The fourth-order valence-electron chi connectivity index (χ4n) is 4.69. The zero-order chi connectivity index (χ0) is 26.8. The van der Waals surface area contributed by atoms with Gasteiger partial charge in [0.1, 0.15) is 6.10 Å². The number of aromatic nitrogens is 2. The number of imidazole rings is 1. The zero-order valence-corrected chi connectivity index (χ0v) is 23.3. The predicted octanol–water partition coefficient (Wildman–Crippen LogP) is 3.76. The van der Waals surface area contributed by atoms with E-state index in [-0.39, 0.29) is 6.10 Å². The summed E-state index contributed by atoms with van der Waals surface area (Å²) in [5.74, 6) is -1.09. The molecule has 0 amide bonds. The Kier molecular flexibility index (Phi) is 8.30. The van der Waals surface area contributed by atoms with Gasteiger partial charge in [0.05, 0.1) is 44.0 Å². The van der Waals surface area contributed by atoms with Crippen molar-refractivity contribution < 1.29 is 22.6 Å². The summed E-state index contributed by atoms with van der Waals surface area (Å²) in [5, 5.41) is 1.01. The van der Waals surface area contributed by atoms with Gasteiger partial charge in [0, 0.05) is 54.8 Å². The maximum atomic E-state index is 11.7. The molecule has 204 valence electrons. The summed E-state index contributed by atoms with van der Waals surface area (Å²) in [6.45, 7) is 3.77. The average molecular weight is 582 g/mol. The number of hydrogen-bond donors (Lipinski definition) is 0. The van der Waals surface area contributed by atoms with E-state index >= 15 is 0 Å². The lowest BCUT2D eigenvalue weighted by Crippen LogP contribution is -2.48. The second-order valence-corrected chi connectivity index (χ2v) is 12.3. The highest BCUT2D eigenvalue weighted by atomic mass is 35.5. The van der Waals surface area contributed by atoms with Crippen LogP contribution >= 0.6 is 23.2 Å². The van der Waals surface area contributed by atoms with Crippen LogP contribution in [0.25, 0.3) is 0 Å². The molecule has 3 heterocycles. The molecule has 2 aliphatic rings.